The zero-order valence-electron chi connectivity index (χ0n) is 7.89. The first kappa shape index (κ1) is 13.0. The number of alkyl halides is 3. The van der Waals surface area contributed by atoms with Gasteiger partial charge in [-0.15, -0.1) is 11.3 Å². The number of carbonyl (C=O) groups is 1. The third-order valence-electron chi connectivity index (χ3n) is 1.55. The van der Waals surface area contributed by atoms with Gasteiger partial charge in [-0.3, -0.25) is 4.79 Å². The van der Waals surface area contributed by atoms with Gasteiger partial charge in [0.15, 0.2) is 0 Å². The molecule has 1 aromatic heterocycles. The second-order valence-corrected chi connectivity index (χ2v) is 6.11. The minimum absolute atomic E-state index is 0.416. The molecule has 3 nitrogen and oxygen atoms in total. The first-order chi connectivity index (χ1) is 6.89. The number of hydrogen-bond acceptors (Lipinski definition) is 3. The normalized spacial score (nSPS) is 11.5. The number of thiazole rings is 1. The Hall–Kier alpha value is -0.0300. The van der Waals surface area contributed by atoms with Gasteiger partial charge in [0.05, 0.1) is 5.01 Å². The molecule has 1 N–H and O–H groups in total. The first-order valence-corrected chi connectivity index (χ1v) is 6.17. The van der Waals surface area contributed by atoms with Crippen molar-refractivity contribution >= 4 is 52.0 Å². The summed E-state index contributed by atoms with van der Waals surface area (Å²) in [5.41, 5.74) is 0.975. The quantitative estimate of drug-likeness (QED) is 0.868. The highest BCUT2D eigenvalue weighted by Crippen LogP contribution is 2.25. The lowest BCUT2D eigenvalue weighted by molar-refractivity contribution is -0.120. The predicted octanol–water partition coefficient (Wildman–Crippen LogP) is 2.48. The molecular weight excluding hydrogens is 279 g/mol. The smallest absolute Gasteiger partial charge is 0.272 e. The molecule has 1 heterocycles. The molecule has 0 fully saturated rings. The number of nitrogens with one attached hydrogen (secondary N) is 1. The fraction of sp³-hybridized carbons (Fsp3) is 0.500. The van der Waals surface area contributed by atoms with Gasteiger partial charge in [-0.05, 0) is 6.92 Å². The van der Waals surface area contributed by atoms with E-state index < -0.39 is 9.70 Å². The SMILES string of the molecule is Cc1csc(CCNC(=O)C(Cl)(Cl)Cl)n1. The van der Waals surface area contributed by atoms with Crippen molar-refractivity contribution in [2.45, 2.75) is 17.1 Å². The summed E-state index contributed by atoms with van der Waals surface area (Å²) >= 11 is 17.7. The number of aromatic nitrogens is 1. The summed E-state index contributed by atoms with van der Waals surface area (Å²) in [6, 6.07) is 0. The lowest BCUT2D eigenvalue weighted by Crippen LogP contribution is -2.35. The van der Waals surface area contributed by atoms with E-state index in [1.165, 1.54) is 0 Å². The number of carbonyl (C=O) groups excluding carboxylic acids is 1. The van der Waals surface area contributed by atoms with E-state index in [9.17, 15) is 4.79 Å². The maximum Gasteiger partial charge on any atom is 0.272 e. The summed E-state index contributed by atoms with van der Waals surface area (Å²) in [5.74, 6) is -0.610. The van der Waals surface area contributed by atoms with Gasteiger partial charge in [0.2, 0.25) is 0 Å². The Labute approximate surface area is 107 Å². The highest BCUT2D eigenvalue weighted by molar-refractivity contribution is 7.09. The molecule has 0 aliphatic heterocycles. The van der Waals surface area contributed by atoms with Crippen LogP contribution in [0.2, 0.25) is 0 Å². The monoisotopic (exact) mass is 286 g/mol. The first-order valence-electron chi connectivity index (χ1n) is 4.15. The van der Waals surface area contributed by atoms with E-state index in [-0.39, 0.29) is 0 Å². The standard InChI is InChI=1S/C8H9Cl3N2OS/c1-5-4-15-6(13-5)2-3-12-7(14)8(9,10)11/h4H,2-3H2,1H3,(H,12,14). The second kappa shape index (κ2) is 5.34. The van der Waals surface area contributed by atoms with E-state index in [4.69, 9.17) is 34.8 Å². The lowest BCUT2D eigenvalue weighted by Gasteiger charge is -2.10. The van der Waals surface area contributed by atoms with Crippen molar-refractivity contribution in [1.82, 2.24) is 10.3 Å². The van der Waals surface area contributed by atoms with Gasteiger partial charge in [-0.2, -0.15) is 0 Å². The maximum absolute atomic E-state index is 11.1. The third-order valence-corrected chi connectivity index (χ3v) is 3.09. The molecule has 1 aromatic rings. The van der Waals surface area contributed by atoms with Gasteiger partial charge in [-0.25, -0.2) is 4.98 Å². The van der Waals surface area contributed by atoms with E-state index in [2.05, 4.69) is 10.3 Å². The molecule has 15 heavy (non-hydrogen) atoms. The molecule has 0 atom stereocenters. The van der Waals surface area contributed by atoms with Crippen molar-refractivity contribution in [2.24, 2.45) is 0 Å². The Bertz CT molecular complexity index is 348. The molecule has 0 bridgehead atoms. The molecule has 1 rings (SSSR count). The Morgan fingerprint density at radius 1 is 1.60 bits per heavy atom. The topological polar surface area (TPSA) is 42.0 Å². The summed E-state index contributed by atoms with van der Waals surface area (Å²) < 4.78 is -1.89. The predicted molar refractivity (Wildman–Crippen MR) is 63.9 cm³/mol. The largest absolute Gasteiger partial charge is 0.352 e. The molecule has 0 saturated heterocycles. The number of amides is 1. The Morgan fingerprint density at radius 3 is 2.73 bits per heavy atom. The fourth-order valence-corrected chi connectivity index (χ4v) is 1.88. The number of halogens is 3. The van der Waals surface area contributed by atoms with Crippen LogP contribution in [0.5, 0.6) is 0 Å². The molecule has 0 aliphatic carbocycles. The molecule has 0 aliphatic rings. The van der Waals surface area contributed by atoms with Crippen LogP contribution in [0.15, 0.2) is 5.38 Å². The van der Waals surface area contributed by atoms with Crippen LogP contribution in [-0.2, 0) is 11.2 Å². The molecule has 7 heteroatoms. The summed E-state index contributed by atoms with van der Waals surface area (Å²) in [7, 11) is 0. The van der Waals surface area contributed by atoms with Crippen molar-refractivity contribution in [3.63, 3.8) is 0 Å². The molecule has 0 aromatic carbocycles. The van der Waals surface area contributed by atoms with Crippen molar-refractivity contribution in [2.75, 3.05) is 6.54 Å². The van der Waals surface area contributed by atoms with Crippen LogP contribution in [-0.4, -0.2) is 21.2 Å². The zero-order chi connectivity index (χ0) is 11.5. The van der Waals surface area contributed by atoms with E-state index in [1.807, 2.05) is 12.3 Å². The van der Waals surface area contributed by atoms with E-state index in [1.54, 1.807) is 11.3 Å². The Balaban J connectivity index is 2.31. The summed E-state index contributed by atoms with van der Waals surface area (Å²) in [6.07, 6.45) is 0.644. The molecule has 1 amide bonds. The van der Waals surface area contributed by atoms with E-state index in [0.29, 0.717) is 13.0 Å². The lowest BCUT2D eigenvalue weighted by atomic mass is 10.4. The average Bonchev–Trinajstić information content (AvgIpc) is 2.49. The molecule has 0 radical (unpaired) electrons. The Kier molecular flexibility index (Phi) is 4.64. The van der Waals surface area contributed by atoms with Crippen LogP contribution in [0.4, 0.5) is 0 Å². The zero-order valence-corrected chi connectivity index (χ0v) is 11.0. The Morgan fingerprint density at radius 2 is 2.27 bits per heavy atom. The number of rotatable bonds is 3. The minimum Gasteiger partial charge on any atom is -0.352 e. The summed E-state index contributed by atoms with van der Waals surface area (Å²) in [4.78, 5) is 15.4. The van der Waals surface area contributed by atoms with Gasteiger partial charge in [0, 0.05) is 24.0 Å². The third kappa shape index (κ3) is 4.55. The van der Waals surface area contributed by atoms with Gasteiger partial charge in [0.1, 0.15) is 0 Å². The maximum atomic E-state index is 11.1. The number of hydrogen-bond donors (Lipinski definition) is 1. The van der Waals surface area contributed by atoms with Crippen molar-refractivity contribution in [3.05, 3.63) is 16.1 Å². The highest BCUT2D eigenvalue weighted by atomic mass is 35.6. The fourth-order valence-electron chi connectivity index (χ4n) is 0.901. The van der Waals surface area contributed by atoms with Crippen molar-refractivity contribution < 1.29 is 4.79 Å². The summed E-state index contributed by atoms with van der Waals surface area (Å²) in [6.45, 7) is 2.33. The summed E-state index contributed by atoms with van der Waals surface area (Å²) in [5, 5.41) is 5.42. The molecule has 84 valence electrons. The highest BCUT2D eigenvalue weighted by Gasteiger charge is 2.29. The van der Waals surface area contributed by atoms with Crippen LogP contribution in [0.3, 0.4) is 0 Å². The number of aryl methyl sites for hydroxylation is 1. The van der Waals surface area contributed by atoms with Crippen LogP contribution in [0.1, 0.15) is 10.7 Å². The van der Waals surface area contributed by atoms with Gasteiger partial charge < -0.3 is 5.32 Å². The number of nitrogens with zero attached hydrogens (tertiary/aromatic N) is 1. The van der Waals surface area contributed by atoms with Crippen LogP contribution >= 0.6 is 46.1 Å². The van der Waals surface area contributed by atoms with Crippen molar-refractivity contribution in [3.8, 4) is 0 Å². The van der Waals surface area contributed by atoms with E-state index in [0.717, 1.165) is 10.7 Å². The molecule has 0 spiro atoms. The van der Waals surface area contributed by atoms with E-state index >= 15 is 0 Å². The average molecular weight is 288 g/mol. The van der Waals surface area contributed by atoms with Gasteiger partial charge in [-0.1, -0.05) is 34.8 Å². The minimum atomic E-state index is -1.89. The van der Waals surface area contributed by atoms with Crippen LogP contribution in [0.25, 0.3) is 0 Å². The van der Waals surface area contributed by atoms with Crippen molar-refractivity contribution in [1.29, 1.82) is 0 Å². The molecule has 0 unspecified atom stereocenters. The van der Waals surface area contributed by atoms with Gasteiger partial charge >= 0.3 is 0 Å². The van der Waals surface area contributed by atoms with Gasteiger partial charge in [0.25, 0.3) is 9.70 Å². The second-order valence-electron chi connectivity index (χ2n) is 2.89. The molecular formula is C8H9Cl3N2OS. The van der Waals surface area contributed by atoms with Crippen LogP contribution < -0.4 is 5.32 Å². The van der Waals surface area contributed by atoms with Crippen LogP contribution in [0, 0.1) is 6.92 Å². The molecule has 0 saturated carbocycles.